The Labute approximate surface area is 113 Å². The van der Waals surface area contributed by atoms with Crippen LogP contribution in [0.3, 0.4) is 0 Å². The third-order valence-electron chi connectivity index (χ3n) is 4.61. The summed E-state index contributed by atoms with van der Waals surface area (Å²) in [5.74, 6) is 6.07. The van der Waals surface area contributed by atoms with E-state index in [0.717, 1.165) is 18.1 Å². The quantitative estimate of drug-likeness (QED) is 0.793. The predicted octanol–water partition coefficient (Wildman–Crippen LogP) is 2.61. The lowest BCUT2D eigenvalue weighted by molar-refractivity contribution is 0.275. The molecule has 2 aliphatic heterocycles. The molecule has 3 heteroatoms. The average molecular weight is 253 g/mol. The lowest BCUT2D eigenvalue weighted by Crippen LogP contribution is -2.32. The Morgan fingerprint density at radius 2 is 2.11 bits per heavy atom. The molecule has 0 radical (unpaired) electrons. The van der Waals surface area contributed by atoms with Crippen LogP contribution in [0.15, 0.2) is 36.5 Å². The molecule has 2 N–H and O–H groups in total. The lowest BCUT2D eigenvalue weighted by Gasteiger charge is -2.29. The lowest BCUT2D eigenvalue weighted by atomic mass is 9.94. The van der Waals surface area contributed by atoms with Crippen LogP contribution in [0.25, 0.3) is 16.5 Å². The molecule has 4 rings (SSSR count). The maximum absolute atomic E-state index is 6.07. The van der Waals surface area contributed by atoms with Crippen LogP contribution in [0.5, 0.6) is 0 Å². The third-order valence-corrected chi connectivity index (χ3v) is 4.61. The normalized spacial score (nSPS) is 23.6. The van der Waals surface area contributed by atoms with Crippen molar-refractivity contribution in [3.8, 4) is 0 Å². The number of aromatic nitrogens is 1. The highest BCUT2D eigenvalue weighted by Gasteiger charge is 2.28. The predicted molar refractivity (Wildman–Crippen MR) is 79.3 cm³/mol. The van der Waals surface area contributed by atoms with Gasteiger partial charge in [0.2, 0.25) is 0 Å². The Bertz CT molecular complexity index is 653. The maximum atomic E-state index is 6.07. The molecule has 1 unspecified atom stereocenters. The number of nitrogens with two attached hydrogens (primary N) is 1. The molecular weight excluding hydrogens is 234 g/mol. The molecule has 3 heterocycles. The number of benzene rings is 1. The van der Waals surface area contributed by atoms with E-state index in [9.17, 15) is 0 Å². The van der Waals surface area contributed by atoms with Gasteiger partial charge in [0, 0.05) is 29.7 Å². The van der Waals surface area contributed by atoms with Crippen molar-refractivity contribution in [1.82, 2.24) is 9.58 Å². The summed E-state index contributed by atoms with van der Waals surface area (Å²) in [6, 6.07) is 9.15. The van der Waals surface area contributed by atoms with Gasteiger partial charge in [0.1, 0.15) is 0 Å². The Morgan fingerprint density at radius 1 is 1.21 bits per heavy atom. The summed E-state index contributed by atoms with van der Waals surface area (Å²) in [4.78, 5) is 2.60. The minimum Gasteiger partial charge on any atom is -0.339 e. The van der Waals surface area contributed by atoms with Crippen LogP contribution in [0.2, 0.25) is 0 Å². The fourth-order valence-corrected chi connectivity index (χ4v) is 3.61. The van der Waals surface area contributed by atoms with Gasteiger partial charge in [-0.3, -0.25) is 9.58 Å². The van der Waals surface area contributed by atoms with Gasteiger partial charge in [0.15, 0.2) is 0 Å². The van der Waals surface area contributed by atoms with E-state index in [1.54, 1.807) is 4.68 Å². The van der Waals surface area contributed by atoms with Gasteiger partial charge in [-0.15, -0.1) is 0 Å². The summed E-state index contributed by atoms with van der Waals surface area (Å²) < 4.78 is 1.76. The van der Waals surface area contributed by atoms with Crippen LogP contribution in [0, 0.1) is 0 Å². The number of hydrogen-bond acceptors (Lipinski definition) is 2. The second kappa shape index (κ2) is 4.14. The molecule has 3 nitrogen and oxygen atoms in total. The summed E-state index contributed by atoms with van der Waals surface area (Å²) in [7, 11) is 0. The van der Waals surface area contributed by atoms with Gasteiger partial charge in [0.25, 0.3) is 0 Å². The standard InChI is InChI=1S/C16H19N3/c17-19-11-15(14-5-1-2-6-16(14)19)12-7-9-18-8-3-4-13(18)10-12/h1-2,5-7,11,13H,3-4,8-10,17H2. The molecule has 0 bridgehead atoms. The van der Waals surface area contributed by atoms with Gasteiger partial charge in [-0.1, -0.05) is 24.3 Å². The Morgan fingerprint density at radius 3 is 3.05 bits per heavy atom. The van der Waals surface area contributed by atoms with Crippen molar-refractivity contribution in [3.63, 3.8) is 0 Å². The SMILES string of the molecule is Nn1cc(C2=CCN3CCCC3C2)c2ccccc21. The Balaban J connectivity index is 1.78. The molecule has 19 heavy (non-hydrogen) atoms. The largest absolute Gasteiger partial charge is 0.339 e. The summed E-state index contributed by atoms with van der Waals surface area (Å²) in [6.45, 7) is 2.37. The topological polar surface area (TPSA) is 34.2 Å². The fraction of sp³-hybridized carbons (Fsp3) is 0.375. The third kappa shape index (κ3) is 1.69. The molecule has 0 saturated carbocycles. The van der Waals surface area contributed by atoms with Crippen molar-refractivity contribution < 1.29 is 0 Å². The molecule has 1 aromatic heterocycles. The van der Waals surface area contributed by atoms with Gasteiger partial charge in [-0.05, 0) is 37.4 Å². The van der Waals surface area contributed by atoms with E-state index in [1.165, 1.54) is 42.3 Å². The second-order valence-corrected chi connectivity index (χ2v) is 5.69. The average Bonchev–Trinajstić information content (AvgIpc) is 3.03. The highest BCUT2D eigenvalue weighted by molar-refractivity contribution is 5.93. The second-order valence-electron chi connectivity index (χ2n) is 5.69. The summed E-state index contributed by atoms with van der Waals surface area (Å²) in [5, 5.41) is 1.28. The molecule has 1 aromatic carbocycles. The monoisotopic (exact) mass is 253 g/mol. The molecule has 0 aliphatic carbocycles. The molecule has 2 aliphatic rings. The molecule has 0 spiro atoms. The first-order chi connectivity index (χ1) is 9.33. The van der Waals surface area contributed by atoms with Crippen molar-refractivity contribution in [1.29, 1.82) is 0 Å². The number of rotatable bonds is 1. The highest BCUT2D eigenvalue weighted by atomic mass is 15.3. The first-order valence-corrected chi connectivity index (χ1v) is 7.11. The first-order valence-electron chi connectivity index (χ1n) is 7.11. The number of hydrogen-bond donors (Lipinski definition) is 1. The van der Waals surface area contributed by atoms with Gasteiger partial charge in [-0.2, -0.15) is 0 Å². The molecule has 1 saturated heterocycles. The van der Waals surface area contributed by atoms with E-state index < -0.39 is 0 Å². The van der Waals surface area contributed by atoms with E-state index in [2.05, 4.69) is 35.4 Å². The highest BCUT2D eigenvalue weighted by Crippen LogP contribution is 2.35. The van der Waals surface area contributed by atoms with Crippen molar-refractivity contribution in [3.05, 3.63) is 42.1 Å². The molecule has 0 amide bonds. The molecular formula is C16H19N3. The van der Waals surface area contributed by atoms with Crippen LogP contribution >= 0.6 is 0 Å². The Kier molecular flexibility index (Phi) is 2.42. The number of nitrogen functional groups attached to an aromatic ring is 1. The zero-order valence-electron chi connectivity index (χ0n) is 11.0. The molecule has 1 fully saturated rings. The van der Waals surface area contributed by atoms with Gasteiger partial charge < -0.3 is 5.84 Å². The van der Waals surface area contributed by atoms with E-state index in [1.807, 2.05) is 6.07 Å². The van der Waals surface area contributed by atoms with Crippen molar-refractivity contribution in [2.24, 2.45) is 0 Å². The summed E-state index contributed by atoms with van der Waals surface area (Å²) in [5.41, 5.74) is 3.92. The number of nitrogens with zero attached hydrogens (tertiary/aromatic N) is 2. The maximum Gasteiger partial charge on any atom is 0.0696 e. The van der Waals surface area contributed by atoms with Crippen LogP contribution < -0.4 is 5.84 Å². The van der Waals surface area contributed by atoms with Gasteiger partial charge >= 0.3 is 0 Å². The van der Waals surface area contributed by atoms with E-state index in [4.69, 9.17) is 5.84 Å². The summed E-state index contributed by atoms with van der Waals surface area (Å²) >= 11 is 0. The summed E-state index contributed by atoms with van der Waals surface area (Å²) in [6.07, 6.45) is 8.35. The molecule has 98 valence electrons. The Hall–Kier alpha value is -1.74. The number of para-hydroxylation sites is 1. The van der Waals surface area contributed by atoms with Crippen LogP contribution in [0.1, 0.15) is 24.8 Å². The van der Waals surface area contributed by atoms with E-state index in [-0.39, 0.29) is 0 Å². The van der Waals surface area contributed by atoms with Crippen molar-refractivity contribution >= 4 is 16.5 Å². The van der Waals surface area contributed by atoms with E-state index >= 15 is 0 Å². The van der Waals surface area contributed by atoms with Crippen molar-refractivity contribution in [2.45, 2.75) is 25.3 Å². The van der Waals surface area contributed by atoms with Crippen LogP contribution in [-0.2, 0) is 0 Å². The van der Waals surface area contributed by atoms with E-state index in [0.29, 0.717) is 0 Å². The minimum absolute atomic E-state index is 0.750. The van der Waals surface area contributed by atoms with Gasteiger partial charge in [-0.25, -0.2) is 0 Å². The smallest absolute Gasteiger partial charge is 0.0696 e. The first kappa shape index (κ1) is 11.1. The zero-order chi connectivity index (χ0) is 12.8. The molecule has 1 atom stereocenters. The number of fused-ring (bicyclic) bond motifs is 2. The molecule has 2 aromatic rings. The van der Waals surface area contributed by atoms with Crippen LogP contribution in [-0.4, -0.2) is 28.7 Å². The van der Waals surface area contributed by atoms with Gasteiger partial charge in [0.05, 0.1) is 5.52 Å². The fourth-order valence-electron chi connectivity index (χ4n) is 3.61. The van der Waals surface area contributed by atoms with Crippen LogP contribution in [0.4, 0.5) is 0 Å². The minimum atomic E-state index is 0.750. The van der Waals surface area contributed by atoms with Crippen molar-refractivity contribution in [2.75, 3.05) is 18.9 Å². The zero-order valence-corrected chi connectivity index (χ0v) is 11.0.